The fourth-order valence-electron chi connectivity index (χ4n) is 4.13. The van der Waals surface area contributed by atoms with Gasteiger partial charge in [0.05, 0.1) is 23.5 Å². The number of ether oxygens (including phenoxy) is 1. The minimum Gasteiger partial charge on any atom is -0.444 e. The van der Waals surface area contributed by atoms with Crippen LogP contribution >= 0.6 is 11.8 Å². The van der Waals surface area contributed by atoms with Gasteiger partial charge in [-0.2, -0.15) is 0 Å². The number of benzene rings is 2. The van der Waals surface area contributed by atoms with Crippen LogP contribution in [0.5, 0.6) is 0 Å². The molecule has 2 amide bonds. The summed E-state index contributed by atoms with van der Waals surface area (Å²) in [5.74, 6) is 0.0935. The highest BCUT2D eigenvalue weighted by Gasteiger charge is 2.32. The first-order chi connectivity index (χ1) is 16.1. The fourth-order valence-corrected chi connectivity index (χ4v) is 4.92. The van der Waals surface area contributed by atoms with Gasteiger partial charge in [-0.05, 0) is 67.4 Å². The zero-order valence-corrected chi connectivity index (χ0v) is 18.7. The third kappa shape index (κ3) is 4.79. The molecule has 9 heteroatoms. The molecule has 0 saturated carbocycles. The number of hydrogen-bond acceptors (Lipinski definition) is 6. The Morgan fingerprint density at radius 3 is 3.03 bits per heavy atom. The Balaban J connectivity index is 1.12. The number of pyridine rings is 1. The number of thioether (sulfide) groups is 1. The zero-order valence-electron chi connectivity index (χ0n) is 17.8. The summed E-state index contributed by atoms with van der Waals surface area (Å²) in [4.78, 5) is 30.9. The minimum atomic E-state index is -0.368. The molecule has 33 heavy (non-hydrogen) atoms. The van der Waals surface area contributed by atoms with Gasteiger partial charge >= 0.3 is 6.09 Å². The van der Waals surface area contributed by atoms with Crippen LogP contribution in [0.25, 0.3) is 10.9 Å². The van der Waals surface area contributed by atoms with Crippen molar-refractivity contribution < 1.29 is 18.7 Å². The monoisotopic (exact) mass is 466 g/mol. The summed E-state index contributed by atoms with van der Waals surface area (Å²) in [6, 6.07) is 12.1. The second-order valence-corrected chi connectivity index (χ2v) is 9.10. The van der Waals surface area contributed by atoms with Crippen LogP contribution in [0.2, 0.25) is 0 Å². The minimum absolute atomic E-state index is 0.0380. The summed E-state index contributed by atoms with van der Waals surface area (Å²) in [7, 11) is 0. The molecular formula is C24H23FN4O3S. The zero-order chi connectivity index (χ0) is 22.8. The van der Waals surface area contributed by atoms with Crippen molar-refractivity contribution in [2.24, 2.45) is 0 Å². The van der Waals surface area contributed by atoms with E-state index in [1.54, 1.807) is 17.2 Å². The molecule has 0 aliphatic carbocycles. The highest BCUT2D eigenvalue weighted by atomic mass is 32.2. The predicted molar refractivity (Wildman–Crippen MR) is 126 cm³/mol. The number of fused-ring (bicyclic) bond motifs is 2. The topological polar surface area (TPSA) is 83.6 Å². The van der Waals surface area contributed by atoms with Crippen molar-refractivity contribution in [3.8, 4) is 0 Å². The summed E-state index contributed by atoms with van der Waals surface area (Å²) in [5, 5.41) is 7.05. The largest absolute Gasteiger partial charge is 0.444 e. The van der Waals surface area contributed by atoms with E-state index in [1.807, 2.05) is 24.3 Å². The van der Waals surface area contributed by atoms with Gasteiger partial charge in [0.25, 0.3) is 0 Å². The number of anilines is 2. The van der Waals surface area contributed by atoms with Crippen LogP contribution in [0, 0.1) is 5.82 Å². The Morgan fingerprint density at radius 1 is 1.21 bits per heavy atom. The van der Waals surface area contributed by atoms with E-state index in [2.05, 4.69) is 15.6 Å². The van der Waals surface area contributed by atoms with E-state index in [-0.39, 0.29) is 23.9 Å². The SMILES string of the molecule is O=C1CSc2ccc(N3C[C@@H](CCCNCc4ccnc5ccc(F)cc45)OC3=O)cc2N1. The Bertz CT molecular complexity index is 1220. The van der Waals surface area contributed by atoms with Crippen LogP contribution in [0.4, 0.5) is 20.6 Å². The molecule has 0 spiro atoms. The van der Waals surface area contributed by atoms with Crippen molar-refractivity contribution in [3.05, 3.63) is 60.0 Å². The molecule has 0 unspecified atom stereocenters. The molecule has 7 nitrogen and oxygen atoms in total. The van der Waals surface area contributed by atoms with Crippen LogP contribution in [0.1, 0.15) is 18.4 Å². The van der Waals surface area contributed by atoms with Gasteiger partial charge in [-0.15, -0.1) is 11.8 Å². The molecule has 3 heterocycles. The predicted octanol–water partition coefficient (Wildman–Crippen LogP) is 4.31. The summed E-state index contributed by atoms with van der Waals surface area (Å²) < 4.78 is 19.2. The van der Waals surface area contributed by atoms with Gasteiger partial charge in [-0.3, -0.25) is 14.7 Å². The molecule has 0 radical (unpaired) electrons. The standard InChI is InChI=1S/C24H23FN4O3S/c25-16-3-5-20-19(10-16)15(7-9-27-20)12-26-8-1-2-18-13-29(24(31)32-18)17-4-6-22-21(11-17)28-23(30)14-33-22/h3-7,9-11,18,26H,1-2,8,12-14H2,(H,28,30)/t18-/m1/s1. The molecule has 1 fully saturated rings. The lowest BCUT2D eigenvalue weighted by Gasteiger charge is -2.20. The first-order valence-electron chi connectivity index (χ1n) is 10.9. The highest BCUT2D eigenvalue weighted by molar-refractivity contribution is 8.00. The number of carbonyl (C=O) groups is 2. The molecule has 1 atom stereocenters. The molecule has 0 bridgehead atoms. The van der Waals surface area contributed by atoms with E-state index in [0.717, 1.165) is 52.1 Å². The van der Waals surface area contributed by atoms with E-state index in [1.165, 1.54) is 23.9 Å². The van der Waals surface area contributed by atoms with Crippen LogP contribution in [0.3, 0.4) is 0 Å². The van der Waals surface area contributed by atoms with Gasteiger partial charge in [-0.25, -0.2) is 9.18 Å². The summed E-state index contributed by atoms with van der Waals surface area (Å²) in [5.41, 5.74) is 3.22. The number of nitrogens with one attached hydrogen (secondary N) is 2. The van der Waals surface area contributed by atoms with Crippen LogP contribution < -0.4 is 15.5 Å². The van der Waals surface area contributed by atoms with Crippen molar-refractivity contribution in [3.63, 3.8) is 0 Å². The number of hydrogen-bond donors (Lipinski definition) is 2. The maximum Gasteiger partial charge on any atom is 0.414 e. The lowest BCUT2D eigenvalue weighted by molar-refractivity contribution is -0.113. The number of aromatic nitrogens is 1. The Kier molecular flexibility index (Phi) is 6.15. The molecule has 2 N–H and O–H groups in total. The van der Waals surface area contributed by atoms with E-state index in [4.69, 9.17) is 4.74 Å². The Labute approximate surface area is 194 Å². The van der Waals surface area contributed by atoms with Gasteiger partial charge in [0.1, 0.15) is 11.9 Å². The maximum atomic E-state index is 13.6. The molecule has 1 saturated heterocycles. The number of carbonyl (C=O) groups excluding carboxylic acids is 2. The number of nitrogens with zero attached hydrogens (tertiary/aromatic N) is 2. The number of halogens is 1. The van der Waals surface area contributed by atoms with Gasteiger partial charge in [-0.1, -0.05) is 0 Å². The van der Waals surface area contributed by atoms with Crippen molar-refractivity contribution in [2.45, 2.75) is 30.4 Å². The molecule has 3 aromatic rings. The molecule has 2 aliphatic rings. The van der Waals surface area contributed by atoms with E-state index >= 15 is 0 Å². The highest BCUT2D eigenvalue weighted by Crippen LogP contribution is 2.35. The first-order valence-corrected chi connectivity index (χ1v) is 11.8. The van der Waals surface area contributed by atoms with E-state index in [9.17, 15) is 14.0 Å². The number of rotatable bonds is 7. The second kappa shape index (κ2) is 9.36. The van der Waals surface area contributed by atoms with E-state index < -0.39 is 0 Å². The third-order valence-electron chi connectivity index (χ3n) is 5.77. The summed E-state index contributed by atoms with van der Waals surface area (Å²) in [6.07, 6.45) is 2.75. The van der Waals surface area contributed by atoms with Crippen LogP contribution in [0.15, 0.2) is 53.6 Å². The average molecular weight is 467 g/mol. The normalized spacial score (nSPS) is 17.7. The quantitative estimate of drug-likeness (QED) is 0.505. The fraction of sp³-hybridized carbons (Fsp3) is 0.292. The van der Waals surface area contributed by atoms with Gasteiger partial charge in [0.2, 0.25) is 5.91 Å². The average Bonchev–Trinajstić information content (AvgIpc) is 3.18. The molecule has 170 valence electrons. The Morgan fingerprint density at radius 2 is 2.12 bits per heavy atom. The van der Waals surface area contributed by atoms with Gasteiger partial charge < -0.3 is 15.4 Å². The molecule has 5 rings (SSSR count). The maximum absolute atomic E-state index is 13.6. The lowest BCUT2D eigenvalue weighted by Crippen LogP contribution is -2.25. The summed E-state index contributed by atoms with van der Waals surface area (Å²) >= 11 is 1.49. The van der Waals surface area contributed by atoms with Crippen molar-refractivity contribution >= 4 is 46.0 Å². The first kappa shape index (κ1) is 21.7. The van der Waals surface area contributed by atoms with Gasteiger partial charge in [0.15, 0.2) is 0 Å². The van der Waals surface area contributed by atoms with Crippen molar-refractivity contribution in [1.29, 1.82) is 0 Å². The second-order valence-electron chi connectivity index (χ2n) is 8.08. The van der Waals surface area contributed by atoms with Gasteiger partial charge in [0, 0.05) is 28.7 Å². The molecule has 2 aromatic carbocycles. The third-order valence-corrected chi connectivity index (χ3v) is 6.84. The lowest BCUT2D eigenvalue weighted by atomic mass is 10.1. The number of cyclic esters (lactones) is 1. The molecule has 1 aromatic heterocycles. The summed E-state index contributed by atoms with van der Waals surface area (Å²) in [6.45, 7) is 1.83. The van der Waals surface area contributed by atoms with Crippen LogP contribution in [-0.2, 0) is 16.1 Å². The number of amides is 2. The molecule has 2 aliphatic heterocycles. The molecular weight excluding hydrogens is 443 g/mol. The smallest absolute Gasteiger partial charge is 0.414 e. The van der Waals surface area contributed by atoms with Crippen molar-refractivity contribution in [1.82, 2.24) is 10.3 Å². The van der Waals surface area contributed by atoms with Crippen LogP contribution in [-0.4, -0.2) is 41.9 Å². The van der Waals surface area contributed by atoms with E-state index in [0.29, 0.717) is 18.8 Å². The van der Waals surface area contributed by atoms with Crippen molar-refractivity contribution in [2.75, 3.05) is 29.1 Å². The Hall–Kier alpha value is -3.17.